The number of carbonyl (C=O) groups excluding carboxylic acids is 1. The van der Waals surface area contributed by atoms with Crippen LogP contribution in [0.4, 0.5) is 10.8 Å². The van der Waals surface area contributed by atoms with Crippen molar-refractivity contribution in [2.45, 2.75) is 83.3 Å². The molecule has 2 fully saturated rings. The molecule has 38 heavy (non-hydrogen) atoms. The van der Waals surface area contributed by atoms with Crippen LogP contribution in [0.5, 0.6) is 11.5 Å². The highest BCUT2D eigenvalue weighted by Crippen LogP contribution is 2.63. The molecule has 1 heterocycles. The van der Waals surface area contributed by atoms with E-state index in [1.807, 2.05) is 25.1 Å². The van der Waals surface area contributed by atoms with Crippen molar-refractivity contribution < 1.29 is 24.5 Å². The van der Waals surface area contributed by atoms with Crippen molar-refractivity contribution >= 4 is 28.1 Å². The molecule has 9 heteroatoms. The number of hydrogen-bond donors (Lipinski definition) is 4. The van der Waals surface area contributed by atoms with Crippen molar-refractivity contribution in [3.63, 3.8) is 0 Å². The van der Waals surface area contributed by atoms with Gasteiger partial charge in [-0.25, -0.2) is 4.98 Å². The van der Waals surface area contributed by atoms with E-state index in [1.54, 1.807) is 25.6 Å². The Morgan fingerprint density at radius 2 is 1.95 bits per heavy atom. The van der Waals surface area contributed by atoms with Gasteiger partial charge >= 0.3 is 0 Å². The Hall–Kier alpha value is -2.36. The standard InChI is InChI=1S/C29H41N3O5S/c1-28-12-11-24(34)29(2,16-33)23(28)15-22-26(19(28)14-25(35)30-17-7-5-6-8-17)32-27(38-22)31-20-13-18(36-3)9-10-21(20)37-4/h9-10,13,17,19,23-24,33-34H,5-8,11-12,14-16H2,1-4H3,(H,30,35)(H,31,32)/t19-,23+,24-,28+,29+/m1/s1. The van der Waals surface area contributed by atoms with Crippen LogP contribution in [0.2, 0.25) is 0 Å². The van der Waals surface area contributed by atoms with E-state index in [2.05, 4.69) is 17.6 Å². The summed E-state index contributed by atoms with van der Waals surface area (Å²) in [6.45, 7) is 4.16. The van der Waals surface area contributed by atoms with E-state index in [4.69, 9.17) is 14.5 Å². The predicted molar refractivity (Wildman–Crippen MR) is 148 cm³/mol. The number of benzene rings is 1. The van der Waals surface area contributed by atoms with Gasteiger partial charge in [0.1, 0.15) is 11.5 Å². The largest absolute Gasteiger partial charge is 0.497 e. The third-order valence-electron chi connectivity index (χ3n) is 9.65. The summed E-state index contributed by atoms with van der Waals surface area (Å²) in [6.07, 6.45) is 6.32. The fourth-order valence-corrected chi connectivity index (χ4v) is 8.35. The topological polar surface area (TPSA) is 113 Å². The number of rotatable bonds is 8. The van der Waals surface area contributed by atoms with Crippen LogP contribution in [0.25, 0.3) is 0 Å². The lowest BCUT2D eigenvalue weighted by Gasteiger charge is -2.58. The molecular weight excluding hydrogens is 502 g/mol. The van der Waals surface area contributed by atoms with E-state index in [9.17, 15) is 15.0 Å². The fourth-order valence-electron chi connectivity index (χ4n) is 7.27. The molecule has 8 nitrogen and oxygen atoms in total. The molecule has 1 aromatic heterocycles. The minimum atomic E-state index is -0.640. The highest BCUT2D eigenvalue weighted by Gasteiger charge is 2.59. The SMILES string of the molecule is COc1ccc(OC)c(Nc2nc3c(s2)C[C@@H]2[C@](C)(CO)[C@H](O)CC[C@@]2(C)[C@@H]3CC(=O)NC2CCCC2)c1. The minimum Gasteiger partial charge on any atom is -0.497 e. The summed E-state index contributed by atoms with van der Waals surface area (Å²) in [5.41, 5.74) is 0.817. The number of anilines is 2. The highest BCUT2D eigenvalue weighted by molar-refractivity contribution is 7.15. The lowest BCUT2D eigenvalue weighted by atomic mass is 9.47. The molecule has 0 unspecified atom stereocenters. The molecule has 5 atom stereocenters. The number of aliphatic hydroxyl groups is 2. The van der Waals surface area contributed by atoms with Gasteiger partial charge in [0.2, 0.25) is 5.91 Å². The Morgan fingerprint density at radius 1 is 1.18 bits per heavy atom. The average Bonchev–Trinajstić information content (AvgIpc) is 3.57. The van der Waals surface area contributed by atoms with Gasteiger partial charge in [0.05, 0.1) is 38.3 Å². The third-order valence-corrected chi connectivity index (χ3v) is 10.7. The summed E-state index contributed by atoms with van der Waals surface area (Å²) in [4.78, 5) is 19.6. The Balaban J connectivity index is 1.51. The number of nitrogens with zero attached hydrogens (tertiary/aromatic N) is 1. The van der Waals surface area contributed by atoms with Crippen molar-refractivity contribution in [1.82, 2.24) is 10.3 Å². The smallest absolute Gasteiger partial charge is 0.220 e. The summed E-state index contributed by atoms with van der Waals surface area (Å²) in [5.74, 6) is 1.39. The molecule has 1 aromatic carbocycles. The molecule has 2 saturated carbocycles. The van der Waals surface area contributed by atoms with Crippen LogP contribution >= 0.6 is 11.3 Å². The number of aliphatic hydroxyl groups excluding tert-OH is 2. The summed E-state index contributed by atoms with van der Waals surface area (Å²) in [6, 6.07) is 5.85. The van der Waals surface area contributed by atoms with Crippen LogP contribution in [0.3, 0.4) is 0 Å². The Bertz CT molecular complexity index is 1170. The molecular formula is C29H41N3O5S. The summed E-state index contributed by atoms with van der Waals surface area (Å²) in [5, 5.41) is 28.9. The summed E-state index contributed by atoms with van der Waals surface area (Å²) >= 11 is 1.58. The monoisotopic (exact) mass is 543 g/mol. The Labute approximate surface area is 229 Å². The lowest BCUT2D eigenvalue weighted by Crippen LogP contribution is -2.57. The van der Waals surface area contributed by atoms with E-state index in [1.165, 1.54) is 12.8 Å². The number of thiazole rings is 1. The van der Waals surface area contributed by atoms with E-state index >= 15 is 0 Å². The second kappa shape index (κ2) is 10.7. The lowest BCUT2D eigenvalue weighted by molar-refractivity contribution is -0.144. The fraction of sp³-hybridized carbons (Fsp3) is 0.655. The van der Waals surface area contributed by atoms with Crippen LogP contribution < -0.4 is 20.1 Å². The van der Waals surface area contributed by atoms with Gasteiger partial charge in [-0.15, -0.1) is 11.3 Å². The van der Waals surface area contributed by atoms with E-state index in [0.29, 0.717) is 24.3 Å². The molecule has 5 rings (SSSR count). The number of carbonyl (C=O) groups is 1. The van der Waals surface area contributed by atoms with Crippen LogP contribution in [-0.4, -0.2) is 54.1 Å². The van der Waals surface area contributed by atoms with Gasteiger partial charge in [-0.2, -0.15) is 0 Å². The second-order valence-electron chi connectivity index (χ2n) is 11.8. The first-order chi connectivity index (χ1) is 18.2. The summed E-state index contributed by atoms with van der Waals surface area (Å²) in [7, 11) is 3.26. The van der Waals surface area contributed by atoms with Crippen molar-refractivity contribution in [2.75, 3.05) is 26.1 Å². The van der Waals surface area contributed by atoms with Gasteiger partial charge < -0.3 is 30.3 Å². The van der Waals surface area contributed by atoms with E-state index in [-0.39, 0.29) is 35.8 Å². The first-order valence-corrected chi connectivity index (χ1v) is 14.6. The zero-order valence-electron chi connectivity index (χ0n) is 22.9. The Kier molecular flexibility index (Phi) is 7.64. The van der Waals surface area contributed by atoms with E-state index in [0.717, 1.165) is 47.1 Å². The van der Waals surface area contributed by atoms with Crippen molar-refractivity contribution in [3.05, 3.63) is 28.8 Å². The van der Waals surface area contributed by atoms with Gasteiger partial charge in [0, 0.05) is 34.7 Å². The second-order valence-corrected chi connectivity index (χ2v) is 12.9. The number of ether oxygens (including phenoxy) is 2. The normalized spacial score (nSPS) is 30.8. The maximum atomic E-state index is 13.4. The van der Waals surface area contributed by atoms with Crippen LogP contribution in [0, 0.1) is 16.7 Å². The molecule has 0 radical (unpaired) electrons. The van der Waals surface area contributed by atoms with Gasteiger partial charge in [-0.1, -0.05) is 26.7 Å². The number of amides is 1. The number of fused-ring (bicyclic) bond motifs is 2. The maximum Gasteiger partial charge on any atom is 0.220 e. The molecule has 1 amide bonds. The first-order valence-electron chi connectivity index (χ1n) is 13.8. The molecule has 4 N–H and O–H groups in total. The maximum absolute atomic E-state index is 13.4. The summed E-state index contributed by atoms with van der Waals surface area (Å²) < 4.78 is 11.0. The Morgan fingerprint density at radius 3 is 2.63 bits per heavy atom. The number of hydrogen-bond acceptors (Lipinski definition) is 8. The van der Waals surface area contributed by atoms with Gasteiger partial charge in [-0.05, 0) is 55.6 Å². The van der Waals surface area contributed by atoms with E-state index < -0.39 is 11.5 Å². The first kappa shape index (κ1) is 27.2. The minimum absolute atomic E-state index is 0.0279. The number of methoxy groups -OCH3 is 2. The molecule has 208 valence electrons. The van der Waals surface area contributed by atoms with Crippen LogP contribution in [-0.2, 0) is 11.2 Å². The molecule has 0 saturated heterocycles. The molecule has 0 aliphatic heterocycles. The molecule has 0 bridgehead atoms. The van der Waals surface area contributed by atoms with Crippen molar-refractivity contribution in [1.29, 1.82) is 0 Å². The molecule has 3 aliphatic rings. The molecule has 3 aliphatic carbocycles. The zero-order chi connectivity index (χ0) is 27.1. The van der Waals surface area contributed by atoms with Crippen LogP contribution in [0.1, 0.15) is 75.3 Å². The number of aromatic nitrogens is 1. The van der Waals surface area contributed by atoms with Gasteiger partial charge in [0.25, 0.3) is 0 Å². The van der Waals surface area contributed by atoms with Gasteiger partial charge in [-0.3, -0.25) is 4.79 Å². The van der Waals surface area contributed by atoms with Gasteiger partial charge in [0.15, 0.2) is 5.13 Å². The molecule has 0 spiro atoms. The molecule has 2 aromatic rings. The van der Waals surface area contributed by atoms with Crippen molar-refractivity contribution in [2.24, 2.45) is 16.7 Å². The average molecular weight is 544 g/mol. The van der Waals surface area contributed by atoms with Crippen molar-refractivity contribution in [3.8, 4) is 11.5 Å². The number of nitrogens with one attached hydrogen (secondary N) is 2. The predicted octanol–water partition coefficient (Wildman–Crippen LogP) is 4.77. The quantitative estimate of drug-likeness (QED) is 0.379. The zero-order valence-corrected chi connectivity index (χ0v) is 23.7. The highest BCUT2D eigenvalue weighted by atomic mass is 32.1. The van der Waals surface area contributed by atoms with Crippen LogP contribution in [0.15, 0.2) is 18.2 Å². The third kappa shape index (κ3) is 4.77.